The summed E-state index contributed by atoms with van der Waals surface area (Å²) < 4.78 is 65.9. The van der Waals surface area contributed by atoms with Crippen LogP contribution < -0.4 is 40.9 Å². The predicted molar refractivity (Wildman–Crippen MR) is 407 cm³/mol. The summed E-state index contributed by atoms with van der Waals surface area (Å²) in [5, 5.41) is 29.4. The number of carbonyl (C=O) groups excluding carboxylic acids is 5. The molecule has 102 heavy (non-hydrogen) atoms. The number of amides is 5. The zero-order valence-corrected chi connectivity index (χ0v) is 62.9. The maximum absolute atomic E-state index is 13.7. The van der Waals surface area contributed by atoms with Gasteiger partial charge in [0, 0.05) is 78.7 Å². The second-order valence-electron chi connectivity index (χ2n) is 22.0. The van der Waals surface area contributed by atoms with Crippen LogP contribution in [-0.2, 0) is 42.0 Å². The minimum atomic E-state index is -1.71. The van der Waals surface area contributed by atoms with Gasteiger partial charge in [-0.2, -0.15) is 0 Å². The number of aromatic nitrogens is 6. The van der Waals surface area contributed by atoms with Gasteiger partial charge in [-0.3, -0.25) is 14.4 Å². The van der Waals surface area contributed by atoms with E-state index in [1.54, 1.807) is 28.0 Å². The van der Waals surface area contributed by atoms with Gasteiger partial charge in [0.25, 0.3) is 0 Å². The molecule has 33 heteroatoms. The van der Waals surface area contributed by atoms with E-state index in [9.17, 15) is 37.1 Å². The molecule has 3 aliphatic rings. The molecule has 8 aromatic rings. The molecule has 3 saturated heterocycles. The molecule has 0 radical (unpaired) electrons. The number of hydrogen-bond donors (Lipinski definition) is 6. The molecule has 0 unspecified atom stereocenters. The number of benzene rings is 5. The van der Waals surface area contributed by atoms with E-state index in [1.165, 1.54) is 88.8 Å². The standard InChI is InChI=1S/C25H25FN4O4.C18H19ClN4O3.C17H19FN4O2.C7H8BFO3.2CH4.3HI.V/c1-33-22-8-7-19(26)13-20(22)21-14-23(28-16-27-21)29-24(31)18-9-11-30(12-10-18)25(32)34-15-17-5-3-2-4-6-17;19-15-10-16(21-12-20-15)22-17(24)14-6-8-23(9-7-14)18(25)26-11-13-4-2-1-3-5-13;1-24-15-3-2-12(18)8-13(15)14-9-16(21-10-20-14)22-17(23)11-4-6-19-7-5-11;1-12-7-3-2-5(9)4-6(7)8(10)11;;;;;;/h2-8,13-14,16,18H,9-12,15H2,1H3,(H,27,28,29,31);1-5,10,12,14H,6-9,11H2,(H,20,21,22,24);2-3,8-11,19H,4-7H2,1H3,(H,20,21,22,23);2-4,10-11H,1H3;2*1H4;3*1H;/q;;;;;;;;;+3/p-3. The van der Waals surface area contributed by atoms with Gasteiger partial charge >= 0.3 is 84.2 Å². The molecular weight excluding hydrogens is 1720 g/mol. The molecule has 6 N–H and O–H groups in total. The van der Waals surface area contributed by atoms with E-state index in [1.807, 2.05) is 60.7 Å². The fourth-order valence-corrected chi connectivity index (χ4v) is 10.4. The van der Waals surface area contributed by atoms with Crippen molar-refractivity contribution in [1.82, 2.24) is 45.0 Å². The van der Waals surface area contributed by atoms with Gasteiger partial charge in [-0.05, 0) is 117 Å². The summed E-state index contributed by atoms with van der Waals surface area (Å²) in [6.07, 6.45) is 7.01. The third-order valence-corrected chi connectivity index (χ3v) is 15.6. The Morgan fingerprint density at radius 2 is 0.873 bits per heavy atom. The molecule has 5 amide bonds. The Kier molecular flexibility index (Phi) is 37.5. The van der Waals surface area contributed by atoms with Crippen molar-refractivity contribution in [3.63, 3.8) is 0 Å². The summed E-state index contributed by atoms with van der Waals surface area (Å²) in [6, 6.07) is 35.6. The van der Waals surface area contributed by atoms with Crippen LogP contribution in [0.1, 0.15) is 64.5 Å². The van der Waals surface area contributed by atoms with Crippen molar-refractivity contribution < 1.29 is 75.8 Å². The van der Waals surface area contributed by atoms with Gasteiger partial charge in [-0.15, -0.1) is 0 Å². The van der Waals surface area contributed by atoms with Crippen LogP contribution in [0.4, 0.5) is 40.2 Å². The fourth-order valence-electron chi connectivity index (χ4n) is 10.3. The Balaban J connectivity index is 0.000000249. The number of rotatable bonds is 16. The second-order valence-corrected chi connectivity index (χ2v) is 57.8. The van der Waals surface area contributed by atoms with Gasteiger partial charge in [0.2, 0.25) is 17.7 Å². The van der Waals surface area contributed by atoms with Crippen LogP contribution in [0, 0.1) is 35.2 Å². The van der Waals surface area contributed by atoms with Crippen LogP contribution in [-0.4, -0.2) is 147 Å². The molecule has 0 atom stereocenters. The van der Waals surface area contributed by atoms with Crippen molar-refractivity contribution in [2.45, 2.75) is 66.6 Å². The predicted octanol–water partition coefficient (Wildman–Crippen LogP) is 13.1. The molecule has 544 valence electrons. The summed E-state index contributed by atoms with van der Waals surface area (Å²) in [6.45, 7) is 3.97. The first kappa shape index (κ1) is 85.1. The minimum absolute atomic E-state index is 0. The van der Waals surface area contributed by atoms with E-state index in [0.29, 0.717) is 103 Å². The molecule has 0 aliphatic carbocycles. The molecular formula is C69H79BClF3I3N12O12V. The van der Waals surface area contributed by atoms with Gasteiger partial charge in [0.1, 0.15) is 89.5 Å². The zero-order valence-electron chi connectivity index (χ0n) is 54.3. The van der Waals surface area contributed by atoms with Crippen molar-refractivity contribution in [2.24, 2.45) is 17.8 Å². The summed E-state index contributed by atoms with van der Waals surface area (Å²) in [4.78, 5) is 89.1. The number of piperidine rings is 3. The Labute approximate surface area is 633 Å². The number of nitrogens with one attached hydrogen (secondary N) is 4. The molecule has 3 fully saturated rings. The van der Waals surface area contributed by atoms with Crippen LogP contribution in [0.5, 0.6) is 17.2 Å². The topological polar surface area (TPSA) is 304 Å². The number of likely N-dealkylation sites (tertiary alicyclic amines) is 2. The molecule has 24 nitrogen and oxygen atoms in total. The van der Waals surface area contributed by atoms with E-state index in [2.05, 4.69) is 111 Å². The van der Waals surface area contributed by atoms with Crippen LogP contribution >= 0.6 is 71.5 Å². The van der Waals surface area contributed by atoms with E-state index < -0.39 is 18.8 Å². The number of ether oxygens (including phenoxy) is 5. The van der Waals surface area contributed by atoms with Crippen LogP contribution in [0.3, 0.4) is 0 Å². The van der Waals surface area contributed by atoms with Crippen molar-refractivity contribution >= 4 is 131 Å². The van der Waals surface area contributed by atoms with Gasteiger partial charge in [-0.25, -0.2) is 52.7 Å². The van der Waals surface area contributed by atoms with Crippen LogP contribution in [0.2, 0.25) is 5.15 Å². The van der Waals surface area contributed by atoms with Gasteiger partial charge in [0.05, 0.1) is 32.7 Å². The number of halogens is 7. The molecule has 0 bridgehead atoms. The average Bonchev–Trinajstić information content (AvgIpc) is 0.843. The molecule has 3 aromatic heterocycles. The molecule has 5 aromatic carbocycles. The average molecular weight is 1800 g/mol. The summed E-state index contributed by atoms with van der Waals surface area (Å²) in [7, 11) is 2.66. The first-order valence-corrected chi connectivity index (χ1v) is 44.9. The second kappa shape index (κ2) is 44.9. The van der Waals surface area contributed by atoms with Gasteiger partial charge in [-0.1, -0.05) is 87.1 Å². The Morgan fingerprint density at radius 3 is 1.25 bits per heavy atom. The van der Waals surface area contributed by atoms with Gasteiger partial charge in [0.15, 0.2) is 0 Å². The Hall–Kier alpha value is -7.51. The summed E-state index contributed by atoms with van der Waals surface area (Å²) >= 11 is 13.2. The third-order valence-electron chi connectivity index (χ3n) is 15.4. The maximum atomic E-state index is 13.7. The number of anilines is 3. The number of nitrogens with zero attached hydrogens (tertiary/aromatic N) is 8. The van der Waals surface area contributed by atoms with E-state index in [4.69, 9.17) is 45.3 Å². The normalized spacial score (nSPS) is 13.4. The van der Waals surface area contributed by atoms with Crippen molar-refractivity contribution in [1.29, 1.82) is 0 Å². The van der Waals surface area contributed by atoms with Crippen LogP contribution in [0.25, 0.3) is 22.5 Å². The number of hydrogen-bond acceptors (Lipinski definition) is 19. The van der Waals surface area contributed by atoms with E-state index >= 15 is 0 Å². The fraction of sp³-hybridized carbons (Fsp3) is 0.319. The molecule has 0 spiro atoms. The third kappa shape index (κ3) is 28.3. The molecule has 6 heterocycles. The van der Waals surface area contributed by atoms with Crippen LogP contribution in [0.15, 0.2) is 152 Å². The molecule has 11 rings (SSSR count). The molecule has 3 aliphatic heterocycles. The number of carbonyl (C=O) groups is 5. The number of methoxy groups -OCH3 is 3. The zero-order chi connectivity index (χ0) is 71.9. The quantitative estimate of drug-likeness (QED) is 0.0297. The summed E-state index contributed by atoms with van der Waals surface area (Å²) in [5.74, 6) is 0.146. The van der Waals surface area contributed by atoms with Crippen molar-refractivity contribution in [3.05, 3.63) is 186 Å². The monoisotopic (exact) mass is 1800 g/mol. The Bertz CT molecular complexity index is 3960. The first-order valence-electron chi connectivity index (χ1n) is 31.0. The Morgan fingerprint density at radius 1 is 0.520 bits per heavy atom. The van der Waals surface area contributed by atoms with E-state index in [0.717, 1.165) is 43.1 Å². The van der Waals surface area contributed by atoms with E-state index in [-0.39, 0.29) is 103 Å². The summed E-state index contributed by atoms with van der Waals surface area (Å²) in [5.41, 5.74) is 3.78. The van der Waals surface area contributed by atoms with Crippen molar-refractivity contribution in [3.8, 4) is 39.8 Å². The van der Waals surface area contributed by atoms with Crippen molar-refractivity contribution in [2.75, 3.05) is 76.5 Å². The molecule has 0 saturated carbocycles. The first-order chi connectivity index (χ1) is 48.2. The van der Waals surface area contributed by atoms with Gasteiger partial charge < -0.3 is 64.8 Å². The SMILES string of the molecule is C.C.COc1ccc(F)cc1-c1cc(NC(=O)C2CCN(C(=O)OCc3ccccc3)CC2)ncn1.COc1ccc(F)cc1-c1cc(NC(=O)C2CCNCC2)ncn1.COc1ccc(F)cc1B(O)O.O=C(Nc1cc(Cl)ncn1)C1CCN(C(=O)OCc2ccccc2)CC1.[I][V]([I])[I].